The molecular weight excluding hydrogens is 585 g/mol. The molecule has 2 aliphatic carbocycles. The Bertz CT molecular complexity index is 2540. The van der Waals surface area contributed by atoms with Crippen molar-refractivity contribution in [2.75, 3.05) is 0 Å². The van der Waals surface area contributed by atoms with Crippen molar-refractivity contribution in [1.29, 1.82) is 0 Å². The number of hydrogen-bond donors (Lipinski definition) is 2. The highest BCUT2D eigenvalue weighted by Gasteiger charge is 2.32. The Morgan fingerprint density at radius 1 is 0.500 bits per heavy atom. The SMILES string of the molecule is C1=CC(C2=C(c3ccccc3)NC3C=CC=CC3N2)CC(n2c3ccccc3c3cc4c5ccccc5n(-c5ccccc5)c4cc32)=C1. The standard InChI is InChI=1S/C44H34N4/c1-3-14-29(15-4-1)43-44(46-38-23-10-9-22-37(38)45-43)30-16-13-19-32(26-30)48-40-25-12-8-21-34(40)36-27-35-33-20-7-11-24-39(33)47(41(35)28-42(36)48)31-17-5-2-6-18-31/h1-25,27-28,30,37-38,45-46H,26H2. The van der Waals surface area contributed by atoms with Crippen LogP contribution in [0.3, 0.4) is 0 Å². The smallest absolute Gasteiger partial charge is 0.0686 e. The lowest BCUT2D eigenvalue weighted by molar-refractivity contribution is 0.490. The van der Waals surface area contributed by atoms with E-state index in [1.165, 1.54) is 72.0 Å². The second-order valence-electron chi connectivity index (χ2n) is 13.0. The minimum absolute atomic E-state index is 0.184. The van der Waals surface area contributed by atoms with Crippen LogP contribution in [-0.4, -0.2) is 21.2 Å². The van der Waals surface area contributed by atoms with Gasteiger partial charge in [-0.1, -0.05) is 121 Å². The summed E-state index contributed by atoms with van der Waals surface area (Å²) < 4.78 is 4.93. The summed E-state index contributed by atoms with van der Waals surface area (Å²) in [7, 11) is 0. The van der Waals surface area contributed by atoms with E-state index in [4.69, 9.17) is 0 Å². The summed E-state index contributed by atoms with van der Waals surface area (Å²) in [4.78, 5) is 0. The van der Waals surface area contributed by atoms with E-state index in [0.717, 1.165) is 6.42 Å². The lowest BCUT2D eigenvalue weighted by Gasteiger charge is -2.39. The number of fused-ring (bicyclic) bond motifs is 7. The molecule has 0 fully saturated rings. The van der Waals surface area contributed by atoms with E-state index in [0.29, 0.717) is 0 Å². The predicted octanol–water partition coefficient (Wildman–Crippen LogP) is 9.73. The van der Waals surface area contributed by atoms with Gasteiger partial charge >= 0.3 is 0 Å². The van der Waals surface area contributed by atoms with Crippen LogP contribution in [0.2, 0.25) is 0 Å². The lowest BCUT2D eigenvalue weighted by Crippen LogP contribution is -2.51. The summed E-state index contributed by atoms with van der Waals surface area (Å²) in [6.07, 6.45) is 16.6. The van der Waals surface area contributed by atoms with Crippen molar-refractivity contribution in [3.8, 4) is 5.69 Å². The molecule has 0 amide bonds. The summed E-state index contributed by atoms with van der Waals surface area (Å²) in [5.74, 6) is 0.184. The Morgan fingerprint density at radius 3 is 1.83 bits per heavy atom. The molecule has 3 atom stereocenters. The Hall–Kier alpha value is -6.00. The maximum atomic E-state index is 3.97. The topological polar surface area (TPSA) is 33.9 Å². The van der Waals surface area contributed by atoms with Gasteiger partial charge in [-0.2, -0.15) is 0 Å². The molecule has 10 rings (SSSR count). The summed E-state index contributed by atoms with van der Waals surface area (Å²) in [5.41, 5.74) is 11.0. The number of rotatable bonds is 4. The molecule has 48 heavy (non-hydrogen) atoms. The molecule has 2 aromatic heterocycles. The third-order valence-corrected chi connectivity index (χ3v) is 10.3. The Labute approximate surface area is 279 Å². The van der Waals surface area contributed by atoms with Crippen LogP contribution in [0.25, 0.3) is 60.7 Å². The highest BCUT2D eigenvalue weighted by Crippen LogP contribution is 2.42. The maximum absolute atomic E-state index is 3.97. The second kappa shape index (κ2) is 10.8. The van der Waals surface area contributed by atoms with Gasteiger partial charge in [-0.25, -0.2) is 0 Å². The van der Waals surface area contributed by atoms with Gasteiger partial charge in [0.1, 0.15) is 0 Å². The molecule has 0 bridgehead atoms. The number of allylic oxidation sites excluding steroid dienone is 6. The molecule has 4 nitrogen and oxygen atoms in total. The van der Waals surface area contributed by atoms with Gasteiger partial charge in [0.25, 0.3) is 0 Å². The normalized spacial score (nSPS) is 20.3. The van der Waals surface area contributed by atoms with Crippen molar-refractivity contribution in [1.82, 2.24) is 19.8 Å². The van der Waals surface area contributed by atoms with Gasteiger partial charge in [0, 0.05) is 44.5 Å². The van der Waals surface area contributed by atoms with E-state index in [1.807, 2.05) is 0 Å². The second-order valence-corrected chi connectivity index (χ2v) is 13.0. The Morgan fingerprint density at radius 2 is 1.10 bits per heavy atom. The van der Waals surface area contributed by atoms with Crippen molar-refractivity contribution < 1.29 is 0 Å². The fourth-order valence-electron chi connectivity index (χ4n) is 8.14. The number of para-hydroxylation sites is 3. The molecule has 4 heteroatoms. The monoisotopic (exact) mass is 618 g/mol. The summed E-state index contributed by atoms with van der Waals surface area (Å²) >= 11 is 0. The van der Waals surface area contributed by atoms with E-state index in [2.05, 4.69) is 184 Å². The van der Waals surface area contributed by atoms with Crippen molar-refractivity contribution >= 4 is 55.0 Å². The highest BCUT2D eigenvalue weighted by atomic mass is 15.1. The van der Waals surface area contributed by atoms with Crippen molar-refractivity contribution in [2.45, 2.75) is 18.5 Å². The third-order valence-electron chi connectivity index (χ3n) is 10.3. The zero-order chi connectivity index (χ0) is 31.6. The average Bonchev–Trinajstić information content (AvgIpc) is 3.66. The van der Waals surface area contributed by atoms with Crippen molar-refractivity contribution in [3.05, 3.63) is 175 Å². The zero-order valence-corrected chi connectivity index (χ0v) is 26.4. The molecule has 0 spiro atoms. The van der Waals surface area contributed by atoms with Crippen molar-refractivity contribution in [2.24, 2.45) is 5.92 Å². The number of benzene rings is 5. The molecule has 0 radical (unpaired) electrons. The van der Waals surface area contributed by atoms with Crippen LogP contribution in [-0.2, 0) is 0 Å². The van der Waals surface area contributed by atoms with Gasteiger partial charge in [0.15, 0.2) is 0 Å². The molecule has 2 N–H and O–H groups in total. The van der Waals surface area contributed by atoms with Gasteiger partial charge < -0.3 is 19.8 Å². The highest BCUT2D eigenvalue weighted by molar-refractivity contribution is 6.19. The average molecular weight is 619 g/mol. The fraction of sp³-hybridized carbons (Fsp3) is 0.0909. The zero-order valence-electron chi connectivity index (χ0n) is 26.4. The minimum atomic E-state index is 0.184. The summed E-state index contributed by atoms with van der Waals surface area (Å²) in [5, 5.41) is 13.0. The maximum Gasteiger partial charge on any atom is 0.0686 e. The summed E-state index contributed by atoms with van der Waals surface area (Å²) in [6.45, 7) is 0. The van der Waals surface area contributed by atoms with E-state index < -0.39 is 0 Å². The number of aromatic nitrogens is 2. The minimum Gasteiger partial charge on any atom is -0.378 e. The van der Waals surface area contributed by atoms with Gasteiger partial charge in [-0.15, -0.1) is 0 Å². The quantitative estimate of drug-likeness (QED) is 0.206. The van der Waals surface area contributed by atoms with Crippen LogP contribution >= 0.6 is 0 Å². The molecule has 0 saturated carbocycles. The molecule has 0 saturated heterocycles. The van der Waals surface area contributed by atoms with Crippen LogP contribution in [0.1, 0.15) is 12.0 Å². The third kappa shape index (κ3) is 4.16. The van der Waals surface area contributed by atoms with Crippen LogP contribution < -0.4 is 10.6 Å². The van der Waals surface area contributed by atoms with E-state index in [9.17, 15) is 0 Å². The number of hydrogen-bond acceptors (Lipinski definition) is 2. The summed E-state index contributed by atoms with van der Waals surface area (Å²) in [6, 6.07) is 44.4. The first-order chi connectivity index (χ1) is 23.8. The first-order valence-corrected chi connectivity index (χ1v) is 16.9. The molecule has 5 aromatic carbocycles. The first-order valence-electron chi connectivity index (χ1n) is 16.9. The molecular formula is C44H34N4. The number of nitrogens with zero attached hydrogens (tertiary/aromatic N) is 2. The molecule has 7 aromatic rings. The Kier molecular flexibility index (Phi) is 6.10. The van der Waals surface area contributed by atoms with Crippen LogP contribution in [0.5, 0.6) is 0 Å². The molecule has 1 aliphatic heterocycles. The van der Waals surface area contributed by atoms with E-state index in [1.54, 1.807) is 0 Å². The fourth-order valence-corrected chi connectivity index (χ4v) is 8.14. The van der Waals surface area contributed by atoms with Gasteiger partial charge in [0.05, 0.1) is 39.8 Å². The van der Waals surface area contributed by atoms with Gasteiger partial charge in [0.2, 0.25) is 0 Å². The predicted molar refractivity (Wildman–Crippen MR) is 201 cm³/mol. The largest absolute Gasteiger partial charge is 0.378 e. The molecule has 3 heterocycles. The van der Waals surface area contributed by atoms with Gasteiger partial charge in [-0.3, -0.25) is 0 Å². The van der Waals surface area contributed by atoms with Crippen molar-refractivity contribution in [3.63, 3.8) is 0 Å². The molecule has 230 valence electrons. The first kappa shape index (κ1) is 27.1. The van der Waals surface area contributed by atoms with E-state index >= 15 is 0 Å². The van der Waals surface area contributed by atoms with Crippen LogP contribution in [0.15, 0.2) is 170 Å². The number of nitrogens with one attached hydrogen (secondary N) is 2. The van der Waals surface area contributed by atoms with Crippen LogP contribution in [0.4, 0.5) is 0 Å². The van der Waals surface area contributed by atoms with E-state index in [-0.39, 0.29) is 18.0 Å². The Balaban J connectivity index is 1.16. The van der Waals surface area contributed by atoms with Gasteiger partial charge in [-0.05, 0) is 54.5 Å². The molecule has 3 aliphatic rings. The van der Waals surface area contributed by atoms with Crippen LogP contribution in [0, 0.1) is 5.92 Å². The molecule has 3 unspecified atom stereocenters. The lowest BCUT2D eigenvalue weighted by atomic mass is 9.88.